The van der Waals surface area contributed by atoms with Gasteiger partial charge in [-0.1, -0.05) is 86.6 Å². The fourth-order valence-corrected chi connectivity index (χ4v) is 23.6. The van der Waals surface area contributed by atoms with E-state index in [4.69, 9.17) is 70.8 Å². The molecule has 0 aliphatic carbocycles. The average molecular weight is 2240 g/mol. The maximum absolute atomic E-state index is 13.8. The second kappa shape index (κ2) is 46.1. The molecule has 0 unspecified atom stereocenters. The van der Waals surface area contributed by atoms with Crippen molar-refractivity contribution in [2.24, 2.45) is 0 Å². The highest BCUT2D eigenvalue weighted by atomic mass is 79.9. The van der Waals surface area contributed by atoms with Crippen LogP contribution in [-0.2, 0) is 59.0 Å². The van der Waals surface area contributed by atoms with Crippen LogP contribution in [0.5, 0.6) is 17.2 Å². The van der Waals surface area contributed by atoms with E-state index in [-0.39, 0.29) is 71.7 Å². The molecule has 0 amide bonds. The van der Waals surface area contributed by atoms with E-state index in [0.717, 1.165) is 103 Å². The normalized spacial score (nSPS) is 11.6. The standard InChI is InChI=1S/C20H21NO4S.C19H18BrNO4S.C19H18ClNO4S.C16H11ClO5S.C16H11FO5S.C15H8ClFO5S/c1-4-21(5-2)16-9-8-15-12-19(20(22)25-18(15)13-16)26(23,24)17-10-6-14(3)7-11-17;2*1-3-21(4-2)15-8-5-13-11-18(19(22)25-17(13)12-15)26(23,24)16-9-6-14(20)7-10-16;1-21-12-6-5-10-7-15(16(18)22-14(10)9-12)23(19,20)13-4-2-3-11(17)8-13;1-21-11-7-6-10-8-15(16(18)22-13(10)9-11)23(19,20)14-5-3-2-4-12(14)17;16-11-7-10(3-4-12(11)17)23(20,21)14-5-8-1-2-9(18)6-13(8)22-15(14)19/h6-13H,4-5H2,1-3H3;2*5-12H,3-4H2,1-2H3;2*2-9H,1H3;1-7,18H. The first kappa shape index (κ1) is 110. The fraction of sp³-hybridized carbons (Fsp3) is 0.143. The Kier molecular flexibility index (Phi) is 34.5. The molecule has 0 aliphatic heterocycles. The summed E-state index contributed by atoms with van der Waals surface area (Å²) < 4.78 is 221. The number of phenols is 1. The summed E-state index contributed by atoms with van der Waals surface area (Å²) in [6, 6.07) is 68.9. The molecule has 0 radical (unpaired) electrons. The molecule has 6 heterocycles. The summed E-state index contributed by atoms with van der Waals surface area (Å²) in [5.41, 5.74) is -0.399. The first-order chi connectivity index (χ1) is 69.7. The Bertz CT molecular complexity index is 8830. The number of benzene rings is 12. The summed E-state index contributed by atoms with van der Waals surface area (Å²) in [5, 5.41) is 12.5. The molecule has 0 fully saturated rings. The molecule has 147 heavy (non-hydrogen) atoms. The van der Waals surface area contributed by atoms with Gasteiger partial charge in [0.25, 0.3) is 0 Å². The van der Waals surface area contributed by atoms with Crippen LogP contribution in [0.3, 0.4) is 0 Å². The molecule has 6 aromatic heterocycles. The first-order valence-corrected chi connectivity index (χ1v) is 55.1. The van der Waals surface area contributed by atoms with E-state index in [1.54, 1.807) is 91.0 Å². The Morgan fingerprint density at radius 2 is 0.592 bits per heavy atom. The van der Waals surface area contributed by atoms with Crippen LogP contribution in [0.25, 0.3) is 65.8 Å². The van der Waals surface area contributed by atoms with Crippen LogP contribution in [0, 0.1) is 18.6 Å². The zero-order chi connectivity index (χ0) is 107. The predicted octanol–water partition coefficient (Wildman–Crippen LogP) is 21.3. The third kappa shape index (κ3) is 24.6. The molecule has 762 valence electrons. The summed E-state index contributed by atoms with van der Waals surface area (Å²) in [5.74, 6) is -0.855. The van der Waals surface area contributed by atoms with E-state index in [2.05, 4.69) is 30.6 Å². The van der Waals surface area contributed by atoms with Crippen molar-refractivity contribution in [1.82, 2.24) is 0 Å². The molecule has 0 saturated carbocycles. The molecule has 0 saturated heterocycles. The molecular weight excluding hydrogens is 2150 g/mol. The number of hydrogen-bond acceptors (Lipinski definition) is 30. The van der Waals surface area contributed by atoms with E-state index in [1.165, 1.54) is 154 Å². The second-order valence-corrected chi connectivity index (χ2v) is 45.5. The number of nitrogens with zero attached hydrogens (tertiary/aromatic N) is 3. The minimum atomic E-state index is -4.32. The van der Waals surface area contributed by atoms with Gasteiger partial charge in [0.2, 0.25) is 59.0 Å². The van der Waals surface area contributed by atoms with Crippen LogP contribution < -0.4 is 57.9 Å². The number of phenolic OH excluding ortho intramolecular Hbond substituents is 1. The van der Waals surface area contributed by atoms with Crippen LogP contribution in [0.2, 0.25) is 15.1 Å². The van der Waals surface area contributed by atoms with Gasteiger partial charge in [0.05, 0.1) is 43.7 Å². The van der Waals surface area contributed by atoms with Crippen molar-refractivity contribution >= 4 is 193 Å². The molecule has 0 atom stereocenters. The second-order valence-electron chi connectivity index (χ2n) is 31.8. The molecule has 0 spiro atoms. The number of rotatable bonds is 23. The van der Waals surface area contributed by atoms with E-state index in [1.807, 2.05) is 66.7 Å². The van der Waals surface area contributed by atoms with Gasteiger partial charge >= 0.3 is 33.8 Å². The number of halogens is 6. The van der Waals surface area contributed by atoms with Gasteiger partial charge in [0.1, 0.15) is 67.3 Å². The summed E-state index contributed by atoms with van der Waals surface area (Å²) in [6.07, 6.45) is 0. The van der Waals surface area contributed by atoms with Crippen LogP contribution in [0.15, 0.2) is 404 Å². The van der Waals surface area contributed by atoms with Gasteiger partial charge in [0.15, 0.2) is 29.4 Å². The van der Waals surface area contributed by atoms with Gasteiger partial charge in [0, 0.05) is 140 Å². The first-order valence-electron chi connectivity index (χ1n) is 44.3. The van der Waals surface area contributed by atoms with Crippen molar-refractivity contribution < 1.29 is 100 Å². The van der Waals surface area contributed by atoms with E-state index in [0.29, 0.717) is 65.6 Å². The maximum Gasteiger partial charge on any atom is 0.355 e. The zero-order valence-electron chi connectivity index (χ0n) is 79.0. The van der Waals surface area contributed by atoms with E-state index >= 15 is 0 Å². The van der Waals surface area contributed by atoms with Crippen LogP contribution in [-0.4, -0.2) is 109 Å². The topological polar surface area (TPSA) is 435 Å². The van der Waals surface area contributed by atoms with Gasteiger partial charge in [-0.05, 0) is 267 Å². The molecule has 12 aromatic carbocycles. The number of aryl methyl sites for hydroxylation is 1. The van der Waals surface area contributed by atoms with E-state index in [9.17, 15) is 93.2 Å². The molecule has 0 aliphatic rings. The predicted molar refractivity (Wildman–Crippen MR) is 559 cm³/mol. The number of sulfone groups is 6. The van der Waals surface area contributed by atoms with Crippen LogP contribution in [0.1, 0.15) is 47.1 Å². The van der Waals surface area contributed by atoms with Crippen molar-refractivity contribution in [3.63, 3.8) is 0 Å². The lowest BCUT2D eigenvalue weighted by Gasteiger charge is -2.21. The number of ether oxygens (including phenoxy) is 2. The number of anilines is 3. The minimum absolute atomic E-state index is 0.00619. The summed E-state index contributed by atoms with van der Waals surface area (Å²) in [4.78, 5) is 76.0. The van der Waals surface area contributed by atoms with Crippen molar-refractivity contribution in [3.8, 4) is 17.2 Å². The zero-order valence-corrected chi connectivity index (χ0v) is 87.8. The quantitative estimate of drug-likeness (QED) is 0.0459. The molecular formula is C105H87BrCl3F2N3O27S6. The van der Waals surface area contributed by atoms with E-state index < -0.39 is 124 Å². The van der Waals surface area contributed by atoms with Gasteiger partial charge < -0.3 is 55.8 Å². The molecule has 42 heteroatoms. The average Bonchev–Trinajstić information content (AvgIpc) is 0.788. The van der Waals surface area contributed by atoms with Crippen molar-refractivity contribution in [1.29, 1.82) is 0 Å². The summed E-state index contributed by atoms with van der Waals surface area (Å²) in [7, 11) is -21.5. The Morgan fingerprint density at radius 1 is 0.293 bits per heavy atom. The Morgan fingerprint density at radius 3 is 0.932 bits per heavy atom. The largest absolute Gasteiger partial charge is 0.508 e. The lowest BCUT2D eigenvalue weighted by atomic mass is 10.2. The molecule has 30 nitrogen and oxygen atoms in total. The van der Waals surface area contributed by atoms with Crippen molar-refractivity contribution in [2.45, 2.75) is 107 Å². The summed E-state index contributed by atoms with van der Waals surface area (Å²) >= 11 is 20.5. The minimum Gasteiger partial charge on any atom is -0.508 e. The smallest absolute Gasteiger partial charge is 0.355 e. The highest BCUT2D eigenvalue weighted by Gasteiger charge is 2.32. The monoisotopic (exact) mass is 2240 g/mol. The van der Waals surface area contributed by atoms with Crippen LogP contribution in [0.4, 0.5) is 25.8 Å². The molecule has 18 aromatic rings. The van der Waals surface area contributed by atoms with Gasteiger partial charge in [-0.15, -0.1) is 0 Å². The number of hydrogen-bond donors (Lipinski definition) is 1. The third-order valence-electron chi connectivity index (χ3n) is 22.7. The SMILES string of the molecule is CCN(CC)c1ccc2cc(S(=O)(=O)c3ccc(Br)cc3)c(=O)oc2c1.CCN(CC)c1ccc2cc(S(=O)(=O)c3ccc(C)cc3)c(=O)oc2c1.CCN(CC)c1ccc2cc(S(=O)(=O)c3ccc(Cl)cc3)c(=O)oc2c1.COc1ccc2cc(S(=O)(=O)c3cccc(Cl)c3)c(=O)oc2c1.COc1ccc2cc(S(=O)(=O)c3ccccc3F)c(=O)oc2c1.O=c1oc2cc(O)ccc2cc1S(=O)(=O)c1ccc(F)c(Cl)c1. The molecule has 1 N–H and O–H groups in total. The number of fused-ring (bicyclic) bond motifs is 6. The Labute approximate surface area is 863 Å². The highest BCUT2D eigenvalue weighted by Crippen LogP contribution is 2.36. The summed E-state index contributed by atoms with van der Waals surface area (Å²) in [6.45, 7) is 19.0. The van der Waals surface area contributed by atoms with Crippen molar-refractivity contribution in [2.75, 3.05) is 68.2 Å². The lowest BCUT2D eigenvalue weighted by molar-refractivity contribution is 0.413. The lowest BCUT2D eigenvalue weighted by Crippen LogP contribution is -2.21. The molecule has 0 bridgehead atoms. The maximum atomic E-state index is 13.8. The van der Waals surface area contributed by atoms with Gasteiger partial charge in [-0.2, -0.15) is 0 Å². The fourth-order valence-electron chi connectivity index (χ4n) is 14.8. The van der Waals surface area contributed by atoms with Crippen LogP contribution >= 0.6 is 50.7 Å². The Balaban J connectivity index is 0.000000148. The highest BCUT2D eigenvalue weighted by molar-refractivity contribution is 9.10. The van der Waals surface area contributed by atoms with Crippen molar-refractivity contribution in [3.05, 3.63) is 384 Å². The molecule has 18 rings (SSSR count). The number of aromatic hydroxyl groups is 1. The van der Waals surface area contributed by atoms with Gasteiger partial charge in [-0.25, -0.2) is 88.1 Å². The van der Waals surface area contributed by atoms with Gasteiger partial charge in [-0.3, -0.25) is 0 Å². The third-order valence-corrected chi connectivity index (χ3v) is 34.5. The number of methoxy groups -OCH3 is 2. The Hall–Kier alpha value is -14.4.